The van der Waals surface area contributed by atoms with Gasteiger partial charge in [-0.05, 0) is 63.2 Å². The Kier molecular flexibility index (Phi) is 9.17. The van der Waals surface area contributed by atoms with Crippen LogP contribution in [0.3, 0.4) is 0 Å². The number of esters is 1. The van der Waals surface area contributed by atoms with Crippen molar-refractivity contribution in [2.45, 2.75) is 83.8 Å². The van der Waals surface area contributed by atoms with Gasteiger partial charge in [0.25, 0.3) is 0 Å². The molecule has 1 N–H and O–H groups in total. The summed E-state index contributed by atoms with van der Waals surface area (Å²) in [5.74, 6) is 0.650. The molecule has 0 amide bonds. The largest absolute Gasteiger partial charge is 0.458 e. The SMILES string of the molecule is CC/C=C/C=C/CCCC/C=C/CCCC(C)[C@H]1C[C@@H](O)[C@@H]2OC(=O)[C@@H]21. The summed E-state index contributed by atoms with van der Waals surface area (Å²) in [7, 11) is 0. The first-order valence-corrected chi connectivity index (χ1v) is 10.5. The Morgan fingerprint density at radius 1 is 1.08 bits per heavy atom. The maximum absolute atomic E-state index is 11.6. The van der Waals surface area contributed by atoms with Gasteiger partial charge in [0.05, 0.1) is 12.0 Å². The second kappa shape index (κ2) is 11.4. The lowest BCUT2D eigenvalue weighted by molar-refractivity contribution is -0.192. The first-order chi connectivity index (χ1) is 12.6. The van der Waals surface area contributed by atoms with Crippen LogP contribution < -0.4 is 0 Å². The van der Waals surface area contributed by atoms with Crippen molar-refractivity contribution >= 4 is 5.97 Å². The summed E-state index contributed by atoms with van der Waals surface area (Å²) in [6.07, 6.45) is 22.7. The van der Waals surface area contributed by atoms with E-state index in [9.17, 15) is 9.90 Å². The second-order valence-electron chi connectivity index (χ2n) is 7.82. The summed E-state index contributed by atoms with van der Waals surface area (Å²) in [5.41, 5.74) is 0. The van der Waals surface area contributed by atoms with Gasteiger partial charge in [-0.3, -0.25) is 4.79 Å². The van der Waals surface area contributed by atoms with Crippen LogP contribution in [0.25, 0.3) is 0 Å². The lowest BCUT2D eigenvalue weighted by atomic mass is 9.80. The van der Waals surface area contributed by atoms with Crippen LogP contribution in [0.1, 0.15) is 71.6 Å². The minimum atomic E-state index is -0.442. The third-order valence-electron chi connectivity index (χ3n) is 5.77. The highest BCUT2D eigenvalue weighted by molar-refractivity contribution is 5.80. The molecular weight excluding hydrogens is 324 g/mol. The van der Waals surface area contributed by atoms with Gasteiger partial charge in [0.15, 0.2) is 0 Å². The average Bonchev–Trinajstić information content (AvgIpc) is 2.89. The van der Waals surface area contributed by atoms with Crippen molar-refractivity contribution in [1.82, 2.24) is 0 Å². The predicted molar refractivity (Wildman–Crippen MR) is 107 cm³/mol. The van der Waals surface area contributed by atoms with E-state index in [1.54, 1.807) is 0 Å². The fraction of sp³-hybridized carbons (Fsp3) is 0.696. The molecule has 146 valence electrons. The van der Waals surface area contributed by atoms with Gasteiger partial charge in [-0.25, -0.2) is 0 Å². The summed E-state index contributed by atoms with van der Waals surface area (Å²) in [4.78, 5) is 11.6. The number of ether oxygens (including phenoxy) is 1. The zero-order valence-electron chi connectivity index (χ0n) is 16.5. The molecule has 26 heavy (non-hydrogen) atoms. The molecule has 0 bridgehead atoms. The molecule has 3 heteroatoms. The number of aliphatic hydroxyl groups excluding tert-OH is 1. The molecule has 0 aromatic carbocycles. The summed E-state index contributed by atoms with van der Waals surface area (Å²) < 4.78 is 5.07. The molecule has 1 saturated carbocycles. The zero-order chi connectivity index (χ0) is 18.8. The number of allylic oxidation sites excluding steroid dienone is 6. The third-order valence-corrected chi connectivity index (χ3v) is 5.77. The van der Waals surface area contributed by atoms with Gasteiger partial charge < -0.3 is 9.84 Å². The zero-order valence-corrected chi connectivity index (χ0v) is 16.5. The average molecular weight is 361 g/mol. The second-order valence-corrected chi connectivity index (χ2v) is 7.82. The standard InChI is InChI=1S/C23H36O3/c1-3-4-5-6-7-8-9-10-11-12-13-14-15-16-18(2)19-17-20(24)22-21(19)23(25)26-22/h4-7,12-13,18-22,24H,3,8-11,14-17H2,1-2H3/b5-4+,7-6+,13-12+/t18?,19-,20-,21-,22+/m1/s1. The number of unbranched alkanes of at least 4 members (excludes halogenated alkanes) is 4. The normalized spacial score (nSPS) is 29.4. The lowest BCUT2D eigenvalue weighted by Crippen LogP contribution is -2.48. The highest BCUT2D eigenvalue weighted by Crippen LogP contribution is 2.46. The van der Waals surface area contributed by atoms with Gasteiger partial charge >= 0.3 is 5.97 Å². The Labute approximate surface area is 159 Å². The highest BCUT2D eigenvalue weighted by Gasteiger charge is 2.57. The monoisotopic (exact) mass is 360 g/mol. The summed E-state index contributed by atoms with van der Waals surface area (Å²) in [6.45, 7) is 4.37. The number of hydrogen-bond acceptors (Lipinski definition) is 3. The fourth-order valence-electron chi connectivity index (χ4n) is 4.15. The van der Waals surface area contributed by atoms with Gasteiger partial charge in [-0.1, -0.05) is 56.7 Å². The minimum absolute atomic E-state index is 0.0398. The van der Waals surface area contributed by atoms with Gasteiger partial charge in [0, 0.05) is 0 Å². The van der Waals surface area contributed by atoms with E-state index < -0.39 is 6.10 Å². The van der Waals surface area contributed by atoms with Crippen LogP contribution in [-0.4, -0.2) is 23.3 Å². The molecule has 0 aromatic rings. The fourth-order valence-corrected chi connectivity index (χ4v) is 4.15. The summed E-state index contributed by atoms with van der Waals surface area (Å²) in [6, 6.07) is 0. The van der Waals surface area contributed by atoms with Crippen LogP contribution >= 0.6 is 0 Å². The Bertz CT molecular complexity index is 506. The first kappa shape index (κ1) is 21.0. The molecule has 1 saturated heterocycles. The van der Waals surface area contributed by atoms with Crippen molar-refractivity contribution in [2.75, 3.05) is 0 Å². The maximum Gasteiger partial charge on any atom is 0.313 e. The molecule has 1 heterocycles. The van der Waals surface area contributed by atoms with Crippen LogP contribution in [0.15, 0.2) is 36.5 Å². The lowest BCUT2D eigenvalue weighted by Gasteiger charge is -2.35. The van der Waals surface area contributed by atoms with E-state index in [1.807, 2.05) is 0 Å². The number of aliphatic hydroxyl groups is 1. The van der Waals surface area contributed by atoms with Gasteiger partial charge in [-0.2, -0.15) is 0 Å². The molecule has 2 rings (SSSR count). The Hall–Kier alpha value is -1.35. The van der Waals surface area contributed by atoms with Crippen molar-refractivity contribution in [1.29, 1.82) is 0 Å². The molecule has 2 aliphatic rings. The van der Waals surface area contributed by atoms with E-state index in [2.05, 4.69) is 50.3 Å². The van der Waals surface area contributed by atoms with Crippen LogP contribution in [0.5, 0.6) is 0 Å². The Morgan fingerprint density at radius 3 is 2.42 bits per heavy atom. The molecule has 0 aromatic heterocycles. The van der Waals surface area contributed by atoms with E-state index >= 15 is 0 Å². The van der Waals surface area contributed by atoms with Crippen molar-refractivity contribution < 1.29 is 14.6 Å². The van der Waals surface area contributed by atoms with Crippen LogP contribution in [0.2, 0.25) is 0 Å². The molecular formula is C23H36O3. The van der Waals surface area contributed by atoms with Crippen molar-refractivity contribution in [2.24, 2.45) is 17.8 Å². The van der Waals surface area contributed by atoms with Crippen LogP contribution in [0, 0.1) is 17.8 Å². The van der Waals surface area contributed by atoms with Crippen LogP contribution in [-0.2, 0) is 9.53 Å². The highest BCUT2D eigenvalue weighted by atomic mass is 16.6. The van der Waals surface area contributed by atoms with Gasteiger partial charge in [0.1, 0.15) is 6.10 Å². The molecule has 0 radical (unpaired) electrons. The van der Waals surface area contributed by atoms with Crippen molar-refractivity contribution in [3.63, 3.8) is 0 Å². The van der Waals surface area contributed by atoms with E-state index in [1.165, 1.54) is 19.3 Å². The number of rotatable bonds is 12. The van der Waals surface area contributed by atoms with E-state index in [4.69, 9.17) is 4.74 Å². The Balaban J connectivity index is 1.48. The Morgan fingerprint density at radius 2 is 1.73 bits per heavy atom. The number of carbonyl (C=O) groups is 1. The topological polar surface area (TPSA) is 46.5 Å². The number of hydrogen-bond donors (Lipinski definition) is 1. The van der Waals surface area contributed by atoms with Gasteiger partial charge in [0.2, 0.25) is 0 Å². The number of carbonyl (C=O) groups excluding carboxylic acids is 1. The van der Waals surface area contributed by atoms with E-state index in [0.717, 1.165) is 38.5 Å². The van der Waals surface area contributed by atoms with E-state index in [0.29, 0.717) is 11.8 Å². The van der Waals surface area contributed by atoms with Crippen molar-refractivity contribution in [3.05, 3.63) is 36.5 Å². The number of fused-ring (bicyclic) bond motifs is 1. The quantitative estimate of drug-likeness (QED) is 0.221. The molecule has 3 nitrogen and oxygen atoms in total. The molecule has 1 aliphatic heterocycles. The molecule has 5 atom stereocenters. The van der Waals surface area contributed by atoms with Gasteiger partial charge in [-0.15, -0.1) is 0 Å². The first-order valence-electron chi connectivity index (χ1n) is 10.5. The predicted octanol–water partition coefficient (Wildman–Crippen LogP) is 5.35. The van der Waals surface area contributed by atoms with E-state index in [-0.39, 0.29) is 18.0 Å². The molecule has 1 aliphatic carbocycles. The summed E-state index contributed by atoms with van der Waals surface area (Å²) in [5, 5.41) is 9.94. The van der Waals surface area contributed by atoms with Crippen molar-refractivity contribution in [3.8, 4) is 0 Å². The molecule has 0 spiro atoms. The van der Waals surface area contributed by atoms with Crippen LogP contribution in [0.4, 0.5) is 0 Å². The minimum Gasteiger partial charge on any atom is -0.458 e. The molecule has 1 unspecified atom stereocenters. The third kappa shape index (κ3) is 6.12. The smallest absolute Gasteiger partial charge is 0.313 e. The maximum atomic E-state index is 11.6. The summed E-state index contributed by atoms with van der Waals surface area (Å²) >= 11 is 0. The molecule has 2 fully saturated rings.